The van der Waals surface area contributed by atoms with Gasteiger partial charge in [-0.15, -0.1) is 0 Å². The number of nitrogens with zero attached hydrogens (tertiary/aromatic N) is 1. The third-order valence-electron chi connectivity index (χ3n) is 16.1. The van der Waals surface area contributed by atoms with E-state index in [4.69, 9.17) is 0 Å². The number of carboxylic acids is 1. The Kier molecular flexibility index (Phi) is 8.50. The lowest BCUT2D eigenvalue weighted by atomic mass is 9.33. The van der Waals surface area contributed by atoms with Crippen molar-refractivity contribution in [2.45, 2.75) is 111 Å². The van der Waals surface area contributed by atoms with Crippen molar-refractivity contribution in [1.82, 2.24) is 15.5 Å². The summed E-state index contributed by atoms with van der Waals surface area (Å²) in [5.74, 6) is 1.61. The summed E-state index contributed by atoms with van der Waals surface area (Å²) in [6, 6.07) is 7.53. The van der Waals surface area contributed by atoms with Gasteiger partial charge in [0, 0.05) is 31.7 Å². The van der Waals surface area contributed by atoms with Gasteiger partial charge in [0.2, 0.25) is 0 Å². The van der Waals surface area contributed by atoms with Crippen LogP contribution in [0.15, 0.2) is 42.5 Å². The lowest BCUT2D eigenvalue weighted by Crippen LogP contribution is -2.69. The number of nitrogens with one attached hydrogen (secondary N) is 2. The van der Waals surface area contributed by atoms with Crippen molar-refractivity contribution in [1.29, 1.82) is 0 Å². The largest absolute Gasteiger partial charge is 0.478 e. The minimum atomic E-state index is -0.879. The van der Waals surface area contributed by atoms with Crippen LogP contribution in [0.4, 0.5) is 4.79 Å². The number of aliphatic hydroxyl groups is 1. The topological polar surface area (TPSA) is 102 Å². The number of allylic oxidation sites excluding steroid dienone is 3. The summed E-state index contributed by atoms with van der Waals surface area (Å²) in [4.78, 5) is 27.4. The van der Waals surface area contributed by atoms with E-state index in [9.17, 15) is 19.8 Å². The first-order valence-electron chi connectivity index (χ1n) is 19.2. The van der Waals surface area contributed by atoms with Crippen molar-refractivity contribution in [2.24, 2.45) is 51.2 Å². The Hall–Kier alpha value is -2.64. The average Bonchev–Trinajstić information content (AvgIpc) is 3.27. The number of fused-ring (bicyclic) bond motifs is 7. The Bertz CT molecular complexity index is 1530. The molecule has 1 unspecified atom stereocenters. The van der Waals surface area contributed by atoms with E-state index >= 15 is 0 Å². The van der Waals surface area contributed by atoms with Crippen molar-refractivity contribution >= 4 is 17.6 Å². The standard InChI is InChI=1S/C42H61N3O4/c1-26(2)30-14-19-42(44-37(49)45-23-22-43-24-29(46)25-45)21-20-40(6)32(35(30)42)12-13-34-39(5)17-15-31(27-8-10-28(11-9-27)36(47)48)38(3,4)33(39)16-18-41(34,40)7/h8-11,15,29-30,32-35,43,46H,1,12-14,16-25H2,2-7H3,(H,44,49)(H,47,48)/t29?,30-,32+,33-,34+,35+,39-,40+,41+,42-/m0/s1. The third-order valence-corrected chi connectivity index (χ3v) is 16.1. The number of aliphatic hydroxyl groups excluding tert-OH is 1. The van der Waals surface area contributed by atoms with Crippen LogP contribution in [0.5, 0.6) is 0 Å². The molecule has 1 aromatic rings. The van der Waals surface area contributed by atoms with Gasteiger partial charge in [-0.25, -0.2) is 9.59 Å². The number of aromatic carboxylic acids is 1. The number of urea groups is 1. The fourth-order valence-electron chi connectivity index (χ4n) is 13.6. The second-order valence-corrected chi connectivity index (χ2v) is 18.5. The van der Waals surface area contributed by atoms with Gasteiger partial charge in [0.15, 0.2) is 0 Å². The van der Waals surface area contributed by atoms with Gasteiger partial charge in [-0.1, -0.05) is 65.0 Å². The van der Waals surface area contributed by atoms with E-state index in [1.54, 1.807) is 12.1 Å². The van der Waals surface area contributed by atoms with Crippen LogP contribution >= 0.6 is 0 Å². The van der Waals surface area contributed by atoms with Gasteiger partial charge in [-0.3, -0.25) is 0 Å². The number of β-amino-alcohol motifs (C(OH)–C–C–N with tert-alkyl or cyclic N) is 1. The summed E-state index contributed by atoms with van der Waals surface area (Å²) >= 11 is 0. The molecule has 49 heavy (non-hydrogen) atoms. The number of benzene rings is 1. The van der Waals surface area contributed by atoms with E-state index in [2.05, 4.69) is 64.8 Å². The van der Waals surface area contributed by atoms with Gasteiger partial charge in [0.05, 0.1) is 11.7 Å². The van der Waals surface area contributed by atoms with Crippen LogP contribution in [-0.4, -0.2) is 64.9 Å². The summed E-state index contributed by atoms with van der Waals surface area (Å²) in [5.41, 5.74) is 4.45. The van der Waals surface area contributed by atoms with Gasteiger partial charge < -0.3 is 25.7 Å². The molecule has 1 saturated heterocycles. The number of hydrogen-bond donors (Lipinski definition) is 4. The Morgan fingerprint density at radius 2 is 1.67 bits per heavy atom. The Morgan fingerprint density at radius 3 is 2.37 bits per heavy atom. The molecule has 5 aliphatic carbocycles. The van der Waals surface area contributed by atoms with E-state index in [1.807, 2.05) is 17.0 Å². The first kappa shape index (κ1) is 34.8. The number of amides is 2. The second kappa shape index (κ2) is 12.0. The number of carboxylic acid groups (broad SMARTS) is 1. The SMILES string of the molecule is C=C(C)[C@@H]1CC[C@]2(NC(=O)N3CCNCC(O)C3)CC[C@]3(C)[C@H](CC[C@@H]4[C@@]5(C)CC=C(c6ccc(C(=O)O)cc6)C(C)(C)[C@@H]5CC[C@]43C)[C@@H]12. The van der Waals surface area contributed by atoms with Gasteiger partial charge in [-0.2, -0.15) is 0 Å². The Morgan fingerprint density at radius 1 is 0.939 bits per heavy atom. The first-order chi connectivity index (χ1) is 23.1. The van der Waals surface area contributed by atoms with E-state index < -0.39 is 12.1 Å². The highest BCUT2D eigenvalue weighted by atomic mass is 16.4. The molecule has 7 nitrogen and oxygen atoms in total. The molecule has 4 N–H and O–H groups in total. The number of carbonyl (C=O) groups is 2. The lowest BCUT2D eigenvalue weighted by Gasteiger charge is -2.72. The highest BCUT2D eigenvalue weighted by Gasteiger charge is 2.70. The van der Waals surface area contributed by atoms with E-state index in [1.165, 1.54) is 36.8 Å². The zero-order valence-electron chi connectivity index (χ0n) is 30.9. The fourth-order valence-corrected chi connectivity index (χ4v) is 13.6. The Labute approximate surface area is 294 Å². The lowest BCUT2D eigenvalue weighted by molar-refractivity contribution is -0.218. The van der Waals surface area contributed by atoms with Crippen LogP contribution in [-0.2, 0) is 0 Å². The summed E-state index contributed by atoms with van der Waals surface area (Å²) < 4.78 is 0. The number of carbonyl (C=O) groups excluding carboxylic acids is 1. The number of rotatable bonds is 4. The highest BCUT2D eigenvalue weighted by Crippen LogP contribution is 2.76. The molecule has 0 spiro atoms. The van der Waals surface area contributed by atoms with Crippen molar-refractivity contribution in [2.75, 3.05) is 26.2 Å². The molecule has 2 amide bonds. The maximum absolute atomic E-state index is 14.0. The monoisotopic (exact) mass is 671 g/mol. The van der Waals surface area contributed by atoms with Crippen LogP contribution < -0.4 is 10.6 Å². The minimum Gasteiger partial charge on any atom is -0.478 e. The smallest absolute Gasteiger partial charge is 0.335 e. The number of hydrogen-bond acceptors (Lipinski definition) is 4. The van der Waals surface area contributed by atoms with E-state index in [-0.39, 0.29) is 33.2 Å². The van der Waals surface area contributed by atoms with Gasteiger partial charge in [0.25, 0.3) is 0 Å². The molecule has 7 heteroatoms. The molecule has 1 aliphatic heterocycles. The molecule has 0 bridgehead atoms. The zero-order chi connectivity index (χ0) is 35.1. The zero-order valence-corrected chi connectivity index (χ0v) is 30.9. The van der Waals surface area contributed by atoms with Crippen molar-refractivity contribution in [3.05, 3.63) is 53.6 Å². The summed E-state index contributed by atoms with van der Waals surface area (Å²) in [6.07, 6.45) is 12.1. The molecule has 1 aromatic carbocycles. The quantitative estimate of drug-likeness (QED) is 0.245. The normalized spacial score (nSPS) is 42.8. The molecular formula is C42H61N3O4. The molecule has 1 heterocycles. The minimum absolute atomic E-state index is 0.00346. The van der Waals surface area contributed by atoms with Gasteiger partial charge in [0.1, 0.15) is 0 Å². The predicted molar refractivity (Wildman–Crippen MR) is 195 cm³/mol. The van der Waals surface area contributed by atoms with E-state index in [0.29, 0.717) is 61.3 Å². The van der Waals surface area contributed by atoms with Crippen LogP contribution in [0.25, 0.3) is 5.57 Å². The van der Waals surface area contributed by atoms with Crippen molar-refractivity contribution in [3.63, 3.8) is 0 Å². The molecule has 7 rings (SSSR count). The summed E-state index contributed by atoms with van der Waals surface area (Å²) in [7, 11) is 0. The maximum Gasteiger partial charge on any atom is 0.335 e. The molecule has 10 atom stereocenters. The van der Waals surface area contributed by atoms with Crippen LogP contribution in [0, 0.1) is 51.2 Å². The predicted octanol–water partition coefficient (Wildman–Crippen LogP) is 7.76. The van der Waals surface area contributed by atoms with E-state index in [0.717, 1.165) is 37.7 Å². The highest BCUT2D eigenvalue weighted by molar-refractivity contribution is 5.88. The molecule has 0 aromatic heterocycles. The molecular weight excluding hydrogens is 610 g/mol. The van der Waals surface area contributed by atoms with Gasteiger partial charge >= 0.3 is 12.0 Å². The van der Waals surface area contributed by atoms with Crippen LogP contribution in [0.3, 0.4) is 0 Å². The average molecular weight is 672 g/mol. The van der Waals surface area contributed by atoms with Crippen LogP contribution in [0.1, 0.15) is 115 Å². The first-order valence-corrected chi connectivity index (χ1v) is 19.2. The van der Waals surface area contributed by atoms with Crippen LogP contribution in [0.2, 0.25) is 0 Å². The molecule has 4 saturated carbocycles. The molecule has 0 radical (unpaired) electrons. The fraction of sp³-hybridized carbons (Fsp3) is 0.714. The third kappa shape index (κ3) is 5.18. The van der Waals surface area contributed by atoms with Crippen molar-refractivity contribution in [3.8, 4) is 0 Å². The maximum atomic E-state index is 14.0. The summed E-state index contributed by atoms with van der Waals surface area (Å²) in [6.45, 7) is 21.8. The second-order valence-electron chi connectivity index (χ2n) is 18.5. The van der Waals surface area contributed by atoms with Gasteiger partial charge in [-0.05, 0) is 139 Å². The van der Waals surface area contributed by atoms with Crippen molar-refractivity contribution < 1.29 is 19.8 Å². The Balaban J connectivity index is 1.19. The molecule has 6 aliphatic rings. The summed E-state index contributed by atoms with van der Waals surface area (Å²) in [5, 5.41) is 26.9. The molecule has 5 fully saturated rings. The molecule has 268 valence electrons.